The van der Waals surface area contributed by atoms with Crippen molar-refractivity contribution in [2.75, 3.05) is 24.3 Å². The van der Waals surface area contributed by atoms with Gasteiger partial charge < -0.3 is 10.2 Å². The van der Waals surface area contributed by atoms with Gasteiger partial charge in [-0.15, -0.1) is 0 Å². The van der Waals surface area contributed by atoms with Crippen LogP contribution in [0.15, 0.2) is 18.2 Å². The zero-order chi connectivity index (χ0) is 13.1. The first kappa shape index (κ1) is 13.5. The molecular formula is C15H23ClN2. The number of nitrogens with zero attached hydrogens (tertiary/aromatic N) is 1. The molecule has 2 rings (SSSR count). The minimum atomic E-state index is 0.525. The minimum absolute atomic E-state index is 0.525. The summed E-state index contributed by atoms with van der Waals surface area (Å²) in [4.78, 5) is 2.03. The summed E-state index contributed by atoms with van der Waals surface area (Å²) in [5.74, 6) is 0.934. The summed E-state index contributed by atoms with van der Waals surface area (Å²) in [6.07, 6.45) is 5.51. The van der Waals surface area contributed by atoms with E-state index in [0.29, 0.717) is 6.04 Å². The normalized spacial score (nSPS) is 17.1. The first-order valence-corrected chi connectivity index (χ1v) is 7.17. The van der Waals surface area contributed by atoms with Crippen molar-refractivity contribution in [3.8, 4) is 0 Å². The number of halogens is 1. The SMILES string of the molecule is CC(CC1CCC1)Nc1ccc(N(C)C)c(Cl)c1. The molecule has 3 heteroatoms. The fraction of sp³-hybridized carbons (Fsp3) is 0.600. The Balaban J connectivity index is 1.94. The van der Waals surface area contributed by atoms with E-state index in [1.165, 1.54) is 25.7 Å². The smallest absolute Gasteiger partial charge is 0.0659 e. The summed E-state index contributed by atoms with van der Waals surface area (Å²) < 4.78 is 0. The summed E-state index contributed by atoms with van der Waals surface area (Å²) >= 11 is 6.27. The number of anilines is 2. The molecule has 2 nitrogen and oxygen atoms in total. The third-order valence-electron chi connectivity index (χ3n) is 3.75. The molecule has 0 aromatic heterocycles. The van der Waals surface area contributed by atoms with Crippen LogP contribution in [0, 0.1) is 5.92 Å². The minimum Gasteiger partial charge on any atom is -0.383 e. The van der Waals surface area contributed by atoms with Crippen LogP contribution in [-0.4, -0.2) is 20.1 Å². The van der Waals surface area contributed by atoms with Gasteiger partial charge in [-0.1, -0.05) is 30.9 Å². The van der Waals surface area contributed by atoms with Crippen LogP contribution in [0.5, 0.6) is 0 Å². The van der Waals surface area contributed by atoms with Crippen LogP contribution in [0.1, 0.15) is 32.6 Å². The molecule has 1 aliphatic carbocycles. The van der Waals surface area contributed by atoms with Crippen molar-refractivity contribution in [1.82, 2.24) is 0 Å². The van der Waals surface area contributed by atoms with E-state index < -0.39 is 0 Å². The molecule has 100 valence electrons. The molecule has 0 heterocycles. The van der Waals surface area contributed by atoms with E-state index in [0.717, 1.165) is 22.3 Å². The Kier molecular flexibility index (Phi) is 4.39. The molecular weight excluding hydrogens is 244 g/mol. The second-order valence-electron chi connectivity index (χ2n) is 5.64. The zero-order valence-electron chi connectivity index (χ0n) is 11.5. The quantitative estimate of drug-likeness (QED) is 0.850. The maximum Gasteiger partial charge on any atom is 0.0659 e. The van der Waals surface area contributed by atoms with Gasteiger partial charge in [-0.25, -0.2) is 0 Å². The summed E-state index contributed by atoms with van der Waals surface area (Å²) in [5, 5.41) is 4.35. The van der Waals surface area contributed by atoms with Crippen LogP contribution in [0.25, 0.3) is 0 Å². The Hall–Kier alpha value is -0.890. The Morgan fingerprint density at radius 1 is 1.39 bits per heavy atom. The van der Waals surface area contributed by atoms with Crippen LogP contribution in [0.3, 0.4) is 0 Å². The van der Waals surface area contributed by atoms with Gasteiger partial charge in [-0.3, -0.25) is 0 Å². The largest absolute Gasteiger partial charge is 0.383 e. The van der Waals surface area contributed by atoms with Gasteiger partial charge in [0.25, 0.3) is 0 Å². The highest BCUT2D eigenvalue weighted by Crippen LogP contribution is 2.32. The monoisotopic (exact) mass is 266 g/mol. The number of hydrogen-bond acceptors (Lipinski definition) is 2. The third-order valence-corrected chi connectivity index (χ3v) is 4.06. The lowest BCUT2D eigenvalue weighted by atomic mass is 9.81. The summed E-state index contributed by atoms with van der Waals surface area (Å²) in [5.41, 5.74) is 2.19. The van der Waals surface area contributed by atoms with Crippen molar-refractivity contribution >= 4 is 23.0 Å². The standard InChI is InChI=1S/C15H23ClN2/c1-11(9-12-5-4-6-12)17-13-7-8-15(18(2)3)14(16)10-13/h7-8,10-12,17H,4-6,9H2,1-3H3. The summed E-state index contributed by atoms with van der Waals surface area (Å²) in [6, 6.07) is 6.73. The van der Waals surface area contributed by atoms with E-state index in [2.05, 4.69) is 24.4 Å². The summed E-state index contributed by atoms with van der Waals surface area (Å²) in [6.45, 7) is 2.26. The predicted octanol–water partition coefficient (Wildman–Crippen LogP) is 4.40. The van der Waals surface area contributed by atoms with Crippen LogP contribution in [-0.2, 0) is 0 Å². The van der Waals surface area contributed by atoms with E-state index in [-0.39, 0.29) is 0 Å². The molecule has 1 saturated carbocycles. The molecule has 1 unspecified atom stereocenters. The molecule has 1 fully saturated rings. The molecule has 0 amide bonds. The van der Waals surface area contributed by atoms with Gasteiger partial charge in [-0.2, -0.15) is 0 Å². The molecule has 1 aromatic rings. The molecule has 0 saturated heterocycles. The molecule has 18 heavy (non-hydrogen) atoms. The molecule has 1 aliphatic rings. The molecule has 1 atom stereocenters. The fourth-order valence-corrected chi connectivity index (χ4v) is 2.88. The van der Waals surface area contributed by atoms with Crippen molar-refractivity contribution in [2.24, 2.45) is 5.92 Å². The van der Waals surface area contributed by atoms with Gasteiger partial charge in [0.2, 0.25) is 0 Å². The zero-order valence-corrected chi connectivity index (χ0v) is 12.3. The van der Waals surface area contributed by atoms with Crippen molar-refractivity contribution in [1.29, 1.82) is 0 Å². The highest BCUT2D eigenvalue weighted by atomic mass is 35.5. The van der Waals surface area contributed by atoms with Gasteiger partial charge in [0.15, 0.2) is 0 Å². The van der Waals surface area contributed by atoms with Crippen LogP contribution in [0.4, 0.5) is 11.4 Å². The second kappa shape index (κ2) is 5.83. The maximum atomic E-state index is 6.27. The van der Waals surface area contributed by atoms with Crippen molar-refractivity contribution in [3.05, 3.63) is 23.2 Å². The van der Waals surface area contributed by atoms with E-state index in [4.69, 9.17) is 11.6 Å². The maximum absolute atomic E-state index is 6.27. The van der Waals surface area contributed by atoms with Crippen molar-refractivity contribution < 1.29 is 0 Å². The highest BCUT2D eigenvalue weighted by Gasteiger charge is 2.19. The van der Waals surface area contributed by atoms with E-state index in [9.17, 15) is 0 Å². The average Bonchev–Trinajstić information content (AvgIpc) is 2.23. The number of rotatable bonds is 5. The Morgan fingerprint density at radius 3 is 2.61 bits per heavy atom. The topological polar surface area (TPSA) is 15.3 Å². The van der Waals surface area contributed by atoms with Gasteiger partial charge in [0, 0.05) is 25.8 Å². The molecule has 0 spiro atoms. The first-order chi connectivity index (χ1) is 8.56. The van der Waals surface area contributed by atoms with E-state index >= 15 is 0 Å². The van der Waals surface area contributed by atoms with Crippen molar-refractivity contribution in [2.45, 2.75) is 38.6 Å². The highest BCUT2D eigenvalue weighted by molar-refractivity contribution is 6.33. The average molecular weight is 267 g/mol. The first-order valence-electron chi connectivity index (χ1n) is 6.79. The number of hydrogen-bond donors (Lipinski definition) is 1. The Labute approximate surface area is 115 Å². The van der Waals surface area contributed by atoms with Gasteiger partial charge in [0.05, 0.1) is 10.7 Å². The lowest BCUT2D eigenvalue weighted by Gasteiger charge is -2.29. The van der Waals surface area contributed by atoms with Gasteiger partial charge in [-0.05, 0) is 37.5 Å². The predicted molar refractivity (Wildman–Crippen MR) is 80.8 cm³/mol. The molecule has 1 aromatic carbocycles. The molecule has 0 aliphatic heterocycles. The number of benzene rings is 1. The van der Waals surface area contributed by atoms with E-state index in [1.807, 2.05) is 25.1 Å². The lowest BCUT2D eigenvalue weighted by molar-refractivity contribution is 0.286. The molecule has 1 N–H and O–H groups in total. The van der Waals surface area contributed by atoms with Crippen LogP contribution >= 0.6 is 11.6 Å². The molecule has 0 radical (unpaired) electrons. The van der Waals surface area contributed by atoms with Gasteiger partial charge >= 0.3 is 0 Å². The van der Waals surface area contributed by atoms with Crippen LogP contribution < -0.4 is 10.2 Å². The lowest BCUT2D eigenvalue weighted by Crippen LogP contribution is -2.23. The third kappa shape index (κ3) is 3.32. The Morgan fingerprint density at radius 2 is 2.11 bits per heavy atom. The van der Waals surface area contributed by atoms with Gasteiger partial charge in [0.1, 0.15) is 0 Å². The Bertz CT molecular complexity index is 399. The second-order valence-corrected chi connectivity index (χ2v) is 6.05. The van der Waals surface area contributed by atoms with E-state index in [1.54, 1.807) is 0 Å². The van der Waals surface area contributed by atoms with Crippen LogP contribution in [0.2, 0.25) is 5.02 Å². The summed E-state index contributed by atoms with van der Waals surface area (Å²) in [7, 11) is 4.01. The molecule has 0 bridgehead atoms. The fourth-order valence-electron chi connectivity index (χ4n) is 2.53. The number of nitrogens with one attached hydrogen (secondary N) is 1. The van der Waals surface area contributed by atoms with Crippen molar-refractivity contribution in [3.63, 3.8) is 0 Å².